The van der Waals surface area contributed by atoms with Gasteiger partial charge in [0.2, 0.25) is 0 Å². The molecular weight excluding hydrogens is 323 g/mol. The molecule has 0 spiro atoms. The van der Waals surface area contributed by atoms with Gasteiger partial charge in [-0.05, 0) is 24.6 Å². The summed E-state index contributed by atoms with van der Waals surface area (Å²) in [5.74, 6) is -0.154. The fourth-order valence-corrected chi connectivity index (χ4v) is 2.42. The summed E-state index contributed by atoms with van der Waals surface area (Å²) in [4.78, 5) is 22.4. The fourth-order valence-electron chi connectivity index (χ4n) is 1.54. The zero-order chi connectivity index (χ0) is 17.1. The van der Waals surface area contributed by atoms with Crippen LogP contribution in [0.4, 0.5) is 9.18 Å². The molecule has 0 radical (unpaired) electrons. The van der Waals surface area contributed by atoms with Crippen LogP contribution in [-0.2, 0) is 20.7 Å². The summed E-state index contributed by atoms with van der Waals surface area (Å²) in [6.45, 7) is 2.08. The van der Waals surface area contributed by atoms with Crippen LogP contribution >= 0.6 is 11.8 Å². The van der Waals surface area contributed by atoms with Gasteiger partial charge in [0.15, 0.2) is 0 Å². The van der Waals surface area contributed by atoms with Crippen molar-refractivity contribution in [2.45, 2.75) is 19.8 Å². The van der Waals surface area contributed by atoms with Crippen molar-refractivity contribution in [1.82, 2.24) is 5.43 Å². The maximum absolute atomic E-state index is 12.9. The van der Waals surface area contributed by atoms with Crippen molar-refractivity contribution in [3.05, 3.63) is 35.6 Å². The normalized spacial score (nSPS) is 11.0. The number of hydrogen-bond acceptors (Lipinski definition) is 6. The molecule has 23 heavy (non-hydrogen) atoms. The Hall–Kier alpha value is -2.09. The smallest absolute Gasteiger partial charge is 0.427 e. The fraction of sp³-hybridized carbons (Fsp3) is 0.400. The van der Waals surface area contributed by atoms with Crippen LogP contribution in [0, 0.1) is 5.82 Å². The number of halogens is 1. The molecule has 0 saturated heterocycles. The summed E-state index contributed by atoms with van der Waals surface area (Å²) in [5, 5.41) is 4.54. The molecule has 1 aromatic carbocycles. The molecule has 1 rings (SSSR count). The second kappa shape index (κ2) is 10.6. The zero-order valence-electron chi connectivity index (χ0n) is 13.0. The number of benzene rings is 1. The van der Waals surface area contributed by atoms with E-state index in [0.717, 1.165) is 5.56 Å². The van der Waals surface area contributed by atoms with E-state index < -0.39 is 6.09 Å². The molecule has 0 heterocycles. The first kappa shape index (κ1) is 19.0. The van der Waals surface area contributed by atoms with Gasteiger partial charge in [0, 0.05) is 12.2 Å². The molecular formula is C15H19FN2O4S. The van der Waals surface area contributed by atoms with Gasteiger partial charge in [0.05, 0.1) is 25.2 Å². The van der Waals surface area contributed by atoms with Gasteiger partial charge in [-0.2, -0.15) is 5.10 Å². The molecule has 0 saturated carbocycles. The van der Waals surface area contributed by atoms with Crippen LogP contribution in [0.5, 0.6) is 0 Å². The standard InChI is InChI=1S/C15H19FN2O4S/c1-3-22-14(19)8-9-23-13(17-18-15(20)21-2)10-11-4-6-12(16)7-5-11/h4-7H,3,8-10H2,1-2H3,(H,18,20)/b17-13-. The molecule has 0 fully saturated rings. The van der Waals surface area contributed by atoms with Crippen molar-refractivity contribution in [3.8, 4) is 0 Å². The van der Waals surface area contributed by atoms with Crippen LogP contribution < -0.4 is 5.43 Å². The average Bonchev–Trinajstić information content (AvgIpc) is 2.54. The first-order valence-corrected chi connectivity index (χ1v) is 7.97. The number of hydrogen-bond donors (Lipinski definition) is 1. The molecule has 126 valence electrons. The third-order valence-corrected chi connectivity index (χ3v) is 3.58. The number of esters is 1. The molecule has 1 N–H and O–H groups in total. The third-order valence-electron chi connectivity index (χ3n) is 2.61. The number of ether oxygens (including phenoxy) is 2. The van der Waals surface area contributed by atoms with Gasteiger partial charge in [0.1, 0.15) is 5.82 Å². The van der Waals surface area contributed by atoms with Crippen molar-refractivity contribution in [2.24, 2.45) is 5.10 Å². The highest BCUT2D eigenvalue weighted by Gasteiger charge is 2.08. The molecule has 0 aromatic heterocycles. The highest BCUT2D eigenvalue weighted by molar-refractivity contribution is 8.13. The second-order valence-electron chi connectivity index (χ2n) is 4.32. The number of hydrazone groups is 1. The van der Waals surface area contributed by atoms with Crippen molar-refractivity contribution < 1.29 is 23.5 Å². The van der Waals surface area contributed by atoms with Gasteiger partial charge < -0.3 is 9.47 Å². The number of amides is 1. The minimum Gasteiger partial charge on any atom is -0.466 e. The van der Waals surface area contributed by atoms with E-state index in [1.54, 1.807) is 19.1 Å². The molecule has 0 aliphatic heterocycles. The van der Waals surface area contributed by atoms with E-state index in [4.69, 9.17) is 4.74 Å². The largest absolute Gasteiger partial charge is 0.466 e. The van der Waals surface area contributed by atoms with Crippen LogP contribution in [0.2, 0.25) is 0 Å². The lowest BCUT2D eigenvalue weighted by molar-refractivity contribution is -0.142. The molecule has 0 aliphatic rings. The predicted molar refractivity (Wildman–Crippen MR) is 86.8 cm³/mol. The van der Waals surface area contributed by atoms with Crippen LogP contribution in [0.1, 0.15) is 18.9 Å². The number of carbonyl (C=O) groups is 2. The van der Waals surface area contributed by atoms with E-state index in [1.165, 1.54) is 31.0 Å². The Balaban J connectivity index is 2.63. The summed E-state index contributed by atoms with van der Waals surface area (Å²) in [6, 6.07) is 5.97. The van der Waals surface area contributed by atoms with Gasteiger partial charge in [-0.15, -0.1) is 11.8 Å². The number of nitrogens with zero attached hydrogens (tertiary/aromatic N) is 1. The Kier molecular flexibility index (Phi) is 8.74. The summed E-state index contributed by atoms with van der Waals surface area (Å²) < 4.78 is 22.2. The predicted octanol–water partition coefficient (Wildman–Crippen LogP) is 2.72. The Morgan fingerprint density at radius 2 is 2.00 bits per heavy atom. The topological polar surface area (TPSA) is 77.0 Å². The van der Waals surface area contributed by atoms with Crippen LogP contribution in [0.25, 0.3) is 0 Å². The molecule has 0 aliphatic carbocycles. The van der Waals surface area contributed by atoms with Gasteiger partial charge in [-0.25, -0.2) is 14.6 Å². The van der Waals surface area contributed by atoms with Crippen molar-refractivity contribution >= 4 is 28.9 Å². The summed E-state index contributed by atoms with van der Waals surface area (Å²) in [6.07, 6.45) is -0.0516. The summed E-state index contributed by atoms with van der Waals surface area (Å²) in [7, 11) is 1.23. The minimum absolute atomic E-state index is 0.235. The molecule has 1 amide bonds. The lowest BCUT2D eigenvalue weighted by Crippen LogP contribution is -2.19. The maximum atomic E-state index is 12.9. The van der Waals surface area contributed by atoms with Crippen LogP contribution in [0.15, 0.2) is 29.4 Å². The number of carbonyl (C=O) groups excluding carboxylic acids is 2. The molecule has 6 nitrogen and oxygen atoms in total. The van der Waals surface area contributed by atoms with Gasteiger partial charge in [-0.3, -0.25) is 4.79 Å². The van der Waals surface area contributed by atoms with Gasteiger partial charge in [0.25, 0.3) is 0 Å². The van der Waals surface area contributed by atoms with Crippen molar-refractivity contribution in [2.75, 3.05) is 19.5 Å². The van der Waals surface area contributed by atoms with E-state index in [2.05, 4.69) is 15.3 Å². The lowest BCUT2D eigenvalue weighted by Gasteiger charge is -2.07. The lowest BCUT2D eigenvalue weighted by atomic mass is 10.2. The first-order chi connectivity index (χ1) is 11.0. The molecule has 0 atom stereocenters. The Labute approximate surface area is 138 Å². The Morgan fingerprint density at radius 3 is 2.61 bits per heavy atom. The van der Waals surface area contributed by atoms with E-state index in [0.29, 0.717) is 23.8 Å². The highest BCUT2D eigenvalue weighted by atomic mass is 32.2. The van der Waals surface area contributed by atoms with Crippen molar-refractivity contribution in [1.29, 1.82) is 0 Å². The maximum Gasteiger partial charge on any atom is 0.427 e. The number of rotatable bonds is 7. The molecule has 1 aromatic rings. The average molecular weight is 342 g/mol. The summed E-state index contributed by atoms with van der Waals surface area (Å²) in [5.41, 5.74) is 3.08. The molecule has 0 bridgehead atoms. The van der Waals surface area contributed by atoms with Crippen LogP contribution in [-0.4, -0.2) is 36.6 Å². The number of thioether (sulfide) groups is 1. The minimum atomic E-state index is -0.687. The van der Waals surface area contributed by atoms with Crippen molar-refractivity contribution in [3.63, 3.8) is 0 Å². The Morgan fingerprint density at radius 1 is 1.30 bits per heavy atom. The zero-order valence-corrected chi connectivity index (χ0v) is 13.8. The number of methoxy groups -OCH3 is 1. The SMILES string of the molecule is CCOC(=O)CCS/C(Cc1ccc(F)cc1)=N\NC(=O)OC. The van der Waals surface area contributed by atoms with Gasteiger partial charge >= 0.3 is 12.1 Å². The highest BCUT2D eigenvalue weighted by Crippen LogP contribution is 2.13. The second-order valence-corrected chi connectivity index (χ2v) is 5.48. The summed E-state index contributed by atoms with van der Waals surface area (Å²) >= 11 is 1.31. The van der Waals surface area contributed by atoms with Gasteiger partial charge in [-0.1, -0.05) is 12.1 Å². The van der Waals surface area contributed by atoms with E-state index in [9.17, 15) is 14.0 Å². The monoisotopic (exact) mass is 342 g/mol. The van der Waals surface area contributed by atoms with E-state index in [1.807, 2.05) is 0 Å². The van der Waals surface area contributed by atoms with E-state index >= 15 is 0 Å². The first-order valence-electron chi connectivity index (χ1n) is 6.98. The molecule has 8 heteroatoms. The third kappa shape index (κ3) is 8.20. The quantitative estimate of drug-likeness (QED) is 0.357. The molecule has 0 unspecified atom stereocenters. The van der Waals surface area contributed by atoms with Crippen LogP contribution in [0.3, 0.4) is 0 Å². The number of nitrogens with one attached hydrogen (secondary N) is 1. The Bertz CT molecular complexity index is 549. The van der Waals surface area contributed by atoms with E-state index in [-0.39, 0.29) is 18.2 Å².